The summed E-state index contributed by atoms with van der Waals surface area (Å²) in [6.07, 6.45) is 4.19. The van der Waals surface area contributed by atoms with Crippen molar-refractivity contribution in [3.05, 3.63) is 28.7 Å². The first-order valence-corrected chi connectivity index (χ1v) is 8.08. The minimum absolute atomic E-state index is 0.0203. The van der Waals surface area contributed by atoms with Gasteiger partial charge >= 0.3 is 0 Å². The molecule has 0 saturated heterocycles. The highest BCUT2D eigenvalue weighted by atomic mass is 32.2. The summed E-state index contributed by atoms with van der Waals surface area (Å²) < 4.78 is 27.2. The summed E-state index contributed by atoms with van der Waals surface area (Å²) >= 11 is 0. The van der Waals surface area contributed by atoms with Gasteiger partial charge < -0.3 is 4.98 Å². The largest absolute Gasteiger partial charge is 0.328 e. The maximum Gasteiger partial charge on any atom is 0.247 e. The van der Waals surface area contributed by atoms with Crippen LogP contribution < -0.4 is 10.3 Å². The maximum atomic E-state index is 12.2. The van der Waals surface area contributed by atoms with Gasteiger partial charge in [-0.1, -0.05) is 13.8 Å². The molecule has 106 valence electrons. The predicted octanol–water partition coefficient (Wildman–Crippen LogP) is 1.48. The fraction of sp³-hybridized carbons (Fsp3) is 0.615. The van der Waals surface area contributed by atoms with Gasteiger partial charge in [-0.2, -0.15) is 0 Å². The summed E-state index contributed by atoms with van der Waals surface area (Å²) in [5, 5.41) is 0. The SMILES string of the molecule is CC1CCC(NS(=O)(=O)c2ccc(=O)[nH]c2)C(C)C1. The first-order chi connectivity index (χ1) is 8.88. The van der Waals surface area contributed by atoms with Crippen molar-refractivity contribution < 1.29 is 8.42 Å². The molecule has 1 aromatic rings. The van der Waals surface area contributed by atoms with E-state index in [1.54, 1.807) is 0 Å². The van der Waals surface area contributed by atoms with Crippen molar-refractivity contribution in [2.75, 3.05) is 0 Å². The molecule has 3 atom stereocenters. The molecule has 6 heteroatoms. The molecule has 0 radical (unpaired) electrons. The molecule has 0 aliphatic heterocycles. The van der Waals surface area contributed by atoms with Crippen molar-refractivity contribution >= 4 is 10.0 Å². The monoisotopic (exact) mass is 284 g/mol. The molecule has 5 nitrogen and oxygen atoms in total. The average molecular weight is 284 g/mol. The first-order valence-electron chi connectivity index (χ1n) is 6.59. The number of rotatable bonds is 3. The van der Waals surface area contributed by atoms with E-state index >= 15 is 0 Å². The third-order valence-corrected chi connectivity index (χ3v) is 5.29. The van der Waals surface area contributed by atoms with E-state index in [4.69, 9.17) is 0 Å². The summed E-state index contributed by atoms with van der Waals surface area (Å²) in [5.74, 6) is 0.991. The third kappa shape index (κ3) is 3.45. The van der Waals surface area contributed by atoms with Crippen molar-refractivity contribution in [1.82, 2.24) is 9.71 Å². The number of hydrogen-bond acceptors (Lipinski definition) is 3. The van der Waals surface area contributed by atoms with Gasteiger partial charge in [0, 0.05) is 18.3 Å². The van der Waals surface area contributed by atoms with Crippen molar-refractivity contribution in [3.63, 3.8) is 0 Å². The van der Waals surface area contributed by atoms with E-state index in [-0.39, 0.29) is 16.5 Å². The summed E-state index contributed by atoms with van der Waals surface area (Å²) in [4.78, 5) is 13.5. The lowest BCUT2D eigenvalue weighted by molar-refractivity contribution is 0.249. The molecular weight excluding hydrogens is 264 g/mol. The van der Waals surface area contributed by atoms with Crippen LogP contribution in [0.4, 0.5) is 0 Å². The number of hydrogen-bond donors (Lipinski definition) is 2. The molecule has 2 N–H and O–H groups in total. The van der Waals surface area contributed by atoms with Crippen LogP contribution in [0.25, 0.3) is 0 Å². The topological polar surface area (TPSA) is 79.0 Å². The van der Waals surface area contributed by atoms with Gasteiger partial charge in [0.05, 0.1) is 4.90 Å². The van der Waals surface area contributed by atoms with Crippen molar-refractivity contribution in [2.24, 2.45) is 11.8 Å². The second-order valence-electron chi connectivity index (χ2n) is 5.51. The minimum atomic E-state index is -3.55. The van der Waals surface area contributed by atoms with Crippen LogP contribution in [0.3, 0.4) is 0 Å². The molecule has 1 saturated carbocycles. The van der Waals surface area contributed by atoms with Crippen molar-refractivity contribution in [1.29, 1.82) is 0 Å². The number of aromatic amines is 1. The maximum absolute atomic E-state index is 12.2. The van der Waals surface area contributed by atoms with E-state index in [9.17, 15) is 13.2 Å². The Labute approximate surface area is 113 Å². The zero-order chi connectivity index (χ0) is 14.0. The minimum Gasteiger partial charge on any atom is -0.328 e. The molecule has 0 amide bonds. The van der Waals surface area contributed by atoms with E-state index < -0.39 is 10.0 Å². The normalized spacial score (nSPS) is 28.2. The fourth-order valence-electron chi connectivity index (χ4n) is 2.67. The van der Waals surface area contributed by atoms with E-state index in [0.29, 0.717) is 11.8 Å². The highest BCUT2D eigenvalue weighted by Crippen LogP contribution is 2.29. The van der Waals surface area contributed by atoms with Crippen LogP contribution >= 0.6 is 0 Å². The van der Waals surface area contributed by atoms with Gasteiger partial charge in [-0.15, -0.1) is 0 Å². The molecule has 2 rings (SSSR count). The molecule has 1 heterocycles. The van der Waals surface area contributed by atoms with Gasteiger partial charge in [0.15, 0.2) is 0 Å². The highest BCUT2D eigenvalue weighted by molar-refractivity contribution is 7.89. The second-order valence-corrected chi connectivity index (χ2v) is 7.23. The lowest BCUT2D eigenvalue weighted by atomic mass is 9.80. The number of aromatic nitrogens is 1. The van der Waals surface area contributed by atoms with Gasteiger partial charge in [-0.25, -0.2) is 13.1 Å². The summed E-state index contributed by atoms with van der Waals surface area (Å²) in [5.41, 5.74) is -0.307. The molecule has 1 aliphatic carbocycles. The number of pyridine rings is 1. The van der Waals surface area contributed by atoms with Crippen LogP contribution in [0.15, 0.2) is 28.0 Å². The average Bonchev–Trinajstić information content (AvgIpc) is 2.33. The Hall–Kier alpha value is -1.14. The van der Waals surface area contributed by atoms with E-state index in [1.165, 1.54) is 18.3 Å². The quantitative estimate of drug-likeness (QED) is 0.882. The second kappa shape index (κ2) is 5.46. The Balaban J connectivity index is 2.13. The van der Waals surface area contributed by atoms with Gasteiger partial charge in [0.1, 0.15) is 0 Å². The van der Waals surface area contributed by atoms with Crippen molar-refractivity contribution in [3.8, 4) is 0 Å². The molecule has 0 bridgehead atoms. The molecule has 1 fully saturated rings. The summed E-state index contributed by atoms with van der Waals surface area (Å²) in [6, 6.07) is 2.53. The van der Waals surface area contributed by atoms with Crippen LogP contribution in [0, 0.1) is 11.8 Å². The number of sulfonamides is 1. The lowest BCUT2D eigenvalue weighted by Crippen LogP contribution is -2.42. The van der Waals surface area contributed by atoms with Crippen molar-refractivity contribution in [2.45, 2.75) is 44.0 Å². The first kappa shape index (κ1) is 14.3. The smallest absolute Gasteiger partial charge is 0.247 e. The van der Waals surface area contributed by atoms with Crippen LogP contribution in [-0.4, -0.2) is 19.4 Å². The van der Waals surface area contributed by atoms with Crippen LogP contribution in [-0.2, 0) is 10.0 Å². The number of H-pyrrole nitrogens is 1. The Morgan fingerprint density at radius 2 is 2.00 bits per heavy atom. The van der Waals surface area contributed by atoms with Gasteiger partial charge in [-0.05, 0) is 37.2 Å². The summed E-state index contributed by atoms with van der Waals surface area (Å²) in [7, 11) is -3.55. The zero-order valence-corrected chi connectivity index (χ0v) is 12.0. The zero-order valence-electron chi connectivity index (χ0n) is 11.2. The highest BCUT2D eigenvalue weighted by Gasteiger charge is 2.29. The molecular formula is C13H20N2O3S. The van der Waals surface area contributed by atoms with Crippen LogP contribution in [0.1, 0.15) is 33.1 Å². The van der Waals surface area contributed by atoms with E-state index in [0.717, 1.165) is 19.3 Å². The Morgan fingerprint density at radius 1 is 1.26 bits per heavy atom. The fourth-order valence-corrected chi connectivity index (χ4v) is 4.02. The number of nitrogens with one attached hydrogen (secondary N) is 2. The van der Waals surface area contributed by atoms with Crippen LogP contribution in [0.5, 0.6) is 0 Å². The van der Waals surface area contributed by atoms with Gasteiger partial charge in [0.2, 0.25) is 15.6 Å². The Kier molecular flexibility index (Phi) is 4.10. The van der Waals surface area contributed by atoms with Gasteiger partial charge in [-0.3, -0.25) is 4.79 Å². The van der Waals surface area contributed by atoms with Crippen LogP contribution in [0.2, 0.25) is 0 Å². The van der Waals surface area contributed by atoms with E-state index in [2.05, 4.69) is 23.6 Å². The lowest BCUT2D eigenvalue weighted by Gasteiger charge is -2.32. The molecule has 0 spiro atoms. The third-order valence-electron chi connectivity index (χ3n) is 3.80. The molecule has 0 aromatic carbocycles. The molecule has 19 heavy (non-hydrogen) atoms. The molecule has 3 unspecified atom stereocenters. The molecule has 1 aliphatic rings. The Morgan fingerprint density at radius 3 is 2.58 bits per heavy atom. The van der Waals surface area contributed by atoms with E-state index in [1.807, 2.05) is 0 Å². The molecule has 1 aromatic heterocycles. The standard InChI is InChI=1S/C13H20N2O3S/c1-9-3-5-12(10(2)7-9)15-19(17,18)11-4-6-13(16)14-8-11/h4,6,8-10,12,15H,3,5,7H2,1-2H3,(H,14,16). The summed E-state index contributed by atoms with van der Waals surface area (Å²) in [6.45, 7) is 4.28. The predicted molar refractivity (Wildman–Crippen MR) is 73.4 cm³/mol. The Bertz CT molecular complexity index is 574. The van der Waals surface area contributed by atoms with Gasteiger partial charge in [0.25, 0.3) is 0 Å².